The summed E-state index contributed by atoms with van der Waals surface area (Å²) >= 11 is 5.71. The summed E-state index contributed by atoms with van der Waals surface area (Å²) < 4.78 is 0. The van der Waals surface area contributed by atoms with E-state index in [0.717, 1.165) is 0 Å². The lowest BCUT2D eigenvalue weighted by Crippen LogP contribution is -2.04. The maximum absolute atomic E-state index is 4.98. The van der Waals surface area contributed by atoms with Gasteiger partial charge in [-0.15, -0.1) is 45.3 Å². The molecule has 4 heterocycles. The normalized spacial score (nSPS) is 10.5. The van der Waals surface area contributed by atoms with Crippen LogP contribution in [-0.2, 0) is 4.84 Å². The Hall–Kier alpha value is -2.41. The number of hydrogen-bond acceptors (Lipinski definition) is 10. The van der Waals surface area contributed by atoms with E-state index in [1.54, 1.807) is 12.4 Å². The third-order valence-electron chi connectivity index (χ3n) is 2.87. The SMILES string of the molecule is CON=C(c1csc([N-]c2nccs2)n1)c1csc([N-]c2nccs2)n1. The number of hydrogen-bond donors (Lipinski definition) is 0. The summed E-state index contributed by atoms with van der Waals surface area (Å²) in [6.07, 6.45) is 3.41. The second-order valence-corrected chi connectivity index (χ2v) is 7.93. The summed E-state index contributed by atoms with van der Waals surface area (Å²) in [6, 6.07) is 0. The maximum Gasteiger partial charge on any atom is 0.124 e. The van der Waals surface area contributed by atoms with Gasteiger partial charge in [-0.25, -0.2) is 0 Å². The van der Waals surface area contributed by atoms with E-state index in [1.165, 1.54) is 52.5 Å². The Labute approximate surface area is 164 Å². The van der Waals surface area contributed by atoms with Crippen LogP contribution in [0.15, 0.2) is 39.1 Å². The second-order valence-electron chi connectivity index (χ2n) is 4.51. The second kappa shape index (κ2) is 7.86. The minimum atomic E-state index is 0.529. The van der Waals surface area contributed by atoms with Crippen molar-refractivity contribution < 1.29 is 4.84 Å². The van der Waals surface area contributed by atoms with Crippen molar-refractivity contribution in [2.75, 3.05) is 7.11 Å². The van der Waals surface area contributed by atoms with Crippen molar-refractivity contribution in [3.05, 3.63) is 55.9 Å². The van der Waals surface area contributed by atoms with E-state index in [2.05, 4.69) is 35.7 Å². The van der Waals surface area contributed by atoms with Crippen molar-refractivity contribution in [3.8, 4) is 0 Å². The van der Waals surface area contributed by atoms with Gasteiger partial charge in [0.15, 0.2) is 0 Å². The zero-order chi connectivity index (χ0) is 17.8. The predicted octanol–water partition coefficient (Wildman–Crippen LogP) is 5.59. The van der Waals surface area contributed by atoms with Crippen molar-refractivity contribution in [1.29, 1.82) is 0 Å². The Kier molecular flexibility index (Phi) is 5.15. The van der Waals surface area contributed by atoms with Crippen molar-refractivity contribution in [2.24, 2.45) is 5.16 Å². The molecule has 4 rings (SSSR count). The third-order valence-corrected chi connectivity index (χ3v) is 5.67. The summed E-state index contributed by atoms with van der Waals surface area (Å²) in [6.45, 7) is 0. The minimum Gasteiger partial charge on any atom is -0.399 e. The molecule has 0 aliphatic heterocycles. The van der Waals surface area contributed by atoms with E-state index < -0.39 is 0 Å². The number of thiazole rings is 4. The van der Waals surface area contributed by atoms with Gasteiger partial charge in [0.2, 0.25) is 0 Å². The number of rotatable bonds is 7. The molecule has 0 radical (unpaired) electrons. The van der Waals surface area contributed by atoms with Crippen LogP contribution in [0.1, 0.15) is 11.4 Å². The standard InChI is InChI=1S/C14H9N7OS4/c1-22-21-10(8-6-25-13(17-8)19-11-15-2-4-23-11)9-7-26-14(18-9)20-12-16-3-5-24-12/h2-7H,1H3/q-2. The fraction of sp³-hybridized carbons (Fsp3) is 0.0714. The van der Waals surface area contributed by atoms with Gasteiger partial charge in [-0.2, -0.15) is 0 Å². The van der Waals surface area contributed by atoms with Gasteiger partial charge in [-0.3, -0.25) is 0 Å². The lowest BCUT2D eigenvalue weighted by molar-refractivity contribution is 0.214. The van der Waals surface area contributed by atoms with Crippen molar-refractivity contribution >= 4 is 71.6 Å². The van der Waals surface area contributed by atoms with Gasteiger partial charge in [0.25, 0.3) is 0 Å². The van der Waals surface area contributed by atoms with Gasteiger partial charge < -0.3 is 35.4 Å². The topological polar surface area (TPSA) is 101 Å². The van der Waals surface area contributed by atoms with Crippen molar-refractivity contribution in [1.82, 2.24) is 19.9 Å². The average molecular weight is 420 g/mol. The Morgan fingerprint density at radius 3 is 1.81 bits per heavy atom. The molecule has 0 aliphatic rings. The number of aromatic nitrogens is 4. The molecule has 12 heteroatoms. The van der Waals surface area contributed by atoms with Gasteiger partial charge in [0.1, 0.15) is 12.8 Å². The fourth-order valence-electron chi connectivity index (χ4n) is 1.87. The summed E-state index contributed by atoms with van der Waals surface area (Å²) in [4.78, 5) is 22.2. The molecule has 0 amide bonds. The summed E-state index contributed by atoms with van der Waals surface area (Å²) in [7, 11) is 1.49. The Morgan fingerprint density at radius 1 is 0.846 bits per heavy atom. The number of oxime groups is 1. The molecule has 26 heavy (non-hydrogen) atoms. The van der Waals surface area contributed by atoms with Gasteiger partial charge in [-0.05, 0) is 23.2 Å². The highest BCUT2D eigenvalue weighted by molar-refractivity contribution is 7.17. The molecule has 0 fully saturated rings. The molecule has 0 bridgehead atoms. The molecular formula is C14H9N7OS4-2. The van der Waals surface area contributed by atoms with E-state index >= 15 is 0 Å². The summed E-state index contributed by atoms with van der Waals surface area (Å²) in [5.41, 5.74) is 1.80. The molecule has 0 unspecified atom stereocenters. The molecule has 0 aromatic carbocycles. The molecule has 0 N–H and O–H groups in total. The van der Waals surface area contributed by atoms with E-state index in [1.807, 2.05) is 21.5 Å². The summed E-state index contributed by atoms with van der Waals surface area (Å²) in [5, 5.41) is 22.8. The van der Waals surface area contributed by atoms with Crippen LogP contribution in [0, 0.1) is 0 Å². The van der Waals surface area contributed by atoms with Crippen LogP contribution in [0.5, 0.6) is 0 Å². The highest BCUT2D eigenvalue weighted by Crippen LogP contribution is 2.36. The van der Waals surface area contributed by atoms with Crippen LogP contribution < -0.4 is 0 Å². The molecule has 0 aliphatic carbocycles. The van der Waals surface area contributed by atoms with Gasteiger partial charge >= 0.3 is 0 Å². The first-order chi connectivity index (χ1) is 12.8. The molecule has 4 aromatic rings. The zero-order valence-corrected chi connectivity index (χ0v) is 16.4. The monoisotopic (exact) mass is 419 g/mol. The molecule has 4 aromatic heterocycles. The van der Waals surface area contributed by atoms with Crippen LogP contribution in [-0.4, -0.2) is 32.8 Å². The smallest absolute Gasteiger partial charge is 0.124 e. The lowest BCUT2D eigenvalue weighted by atomic mass is 10.2. The highest BCUT2D eigenvalue weighted by atomic mass is 32.1. The quantitative estimate of drug-likeness (QED) is 0.287. The zero-order valence-electron chi connectivity index (χ0n) is 13.1. The van der Waals surface area contributed by atoms with Crippen LogP contribution in [0.2, 0.25) is 0 Å². The lowest BCUT2D eigenvalue weighted by Gasteiger charge is -2.06. The molecule has 8 nitrogen and oxygen atoms in total. The molecular weight excluding hydrogens is 410 g/mol. The fourth-order valence-corrected chi connectivity index (χ4v) is 4.34. The molecule has 0 atom stereocenters. The highest BCUT2D eigenvalue weighted by Gasteiger charge is 2.10. The van der Waals surface area contributed by atoms with E-state index in [0.29, 0.717) is 37.6 Å². The van der Waals surface area contributed by atoms with Gasteiger partial charge in [0.05, 0.1) is 20.5 Å². The number of nitrogens with zero attached hydrogens (tertiary/aromatic N) is 7. The van der Waals surface area contributed by atoms with Crippen molar-refractivity contribution in [2.45, 2.75) is 0 Å². The molecule has 0 saturated heterocycles. The van der Waals surface area contributed by atoms with Crippen LogP contribution in [0.4, 0.5) is 20.5 Å². The van der Waals surface area contributed by atoms with E-state index in [-0.39, 0.29) is 0 Å². The van der Waals surface area contributed by atoms with E-state index in [9.17, 15) is 0 Å². The van der Waals surface area contributed by atoms with Crippen LogP contribution in [0.3, 0.4) is 0 Å². The third kappa shape index (κ3) is 3.88. The first-order valence-electron chi connectivity index (χ1n) is 7.07. The first-order valence-corrected chi connectivity index (χ1v) is 10.6. The average Bonchev–Trinajstić information content (AvgIpc) is 3.43. The van der Waals surface area contributed by atoms with Crippen LogP contribution in [0.25, 0.3) is 10.6 Å². The van der Waals surface area contributed by atoms with Gasteiger partial charge in [-0.1, -0.05) is 5.16 Å². The Balaban J connectivity index is 1.55. The molecule has 0 spiro atoms. The molecule has 0 saturated carbocycles. The van der Waals surface area contributed by atoms with Crippen LogP contribution >= 0.6 is 45.3 Å². The predicted molar refractivity (Wildman–Crippen MR) is 106 cm³/mol. The molecule has 132 valence electrons. The van der Waals surface area contributed by atoms with Crippen molar-refractivity contribution in [3.63, 3.8) is 0 Å². The first kappa shape index (κ1) is 17.0. The van der Waals surface area contributed by atoms with E-state index in [4.69, 9.17) is 4.84 Å². The minimum absolute atomic E-state index is 0.529. The maximum atomic E-state index is 4.98. The Morgan fingerprint density at radius 2 is 1.38 bits per heavy atom. The Bertz CT molecular complexity index is 914. The largest absolute Gasteiger partial charge is 0.399 e. The summed E-state index contributed by atoms with van der Waals surface area (Å²) in [5.74, 6) is 0. The van der Waals surface area contributed by atoms with Gasteiger partial charge in [0, 0.05) is 22.1 Å².